The van der Waals surface area contributed by atoms with Crippen molar-refractivity contribution < 1.29 is 13.2 Å². The van der Waals surface area contributed by atoms with Gasteiger partial charge in [0.1, 0.15) is 4.21 Å². The van der Waals surface area contributed by atoms with Gasteiger partial charge in [-0.05, 0) is 49.6 Å². The number of rotatable bonds is 5. The zero-order valence-corrected chi connectivity index (χ0v) is 20.1. The van der Waals surface area contributed by atoms with E-state index in [1.807, 2.05) is 42.2 Å². The first-order valence-corrected chi connectivity index (χ1v) is 13.3. The summed E-state index contributed by atoms with van der Waals surface area (Å²) in [5.41, 5.74) is 1.21. The molecule has 168 valence electrons. The van der Waals surface area contributed by atoms with Gasteiger partial charge in [-0.15, -0.1) is 11.3 Å². The fourth-order valence-corrected chi connectivity index (χ4v) is 7.36. The molecule has 2 saturated heterocycles. The van der Waals surface area contributed by atoms with Crippen molar-refractivity contribution in [2.45, 2.75) is 30.5 Å². The number of benzene rings is 1. The van der Waals surface area contributed by atoms with Gasteiger partial charge < -0.3 is 4.90 Å². The number of piperazine rings is 1. The first-order chi connectivity index (χ1) is 14.8. The molecule has 0 saturated carbocycles. The second-order valence-electron chi connectivity index (χ2n) is 8.30. The molecule has 0 N–H and O–H groups in total. The Morgan fingerprint density at radius 1 is 1.06 bits per heavy atom. The van der Waals surface area contributed by atoms with Crippen molar-refractivity contribution in [1.29, 1.82) is 0 Å². The van der Waals surface area contributed by atoms with Gasteiger partial charge in [-0.3, -0.25) is 9.69 Å². The molecule has 9 heteroatoms. The molecule has 2 aliphatic rings. The van der Waals surface area contributed by atoms with Crippen LogP contribution in [-0.4, -0.2) is 67.7 Å². The first-order valence-electron chi connectivity index (χ1n) is 10.6. The van der Waals surface area contributed by atoms with E-state index in [1.165, 1.54) is 21.2 Å². The van der Waals surface area contributed by atoms with E-state index in [1.54, 1.807) is 6.07 Å². The normalized spacial score (nSPS) is 21.4. The lowest BCUT2D eigenvalue weighted by atomic mass is 9.97. The van der Waals surface area contributed by atoms with Gasteiger partial charge in [-0.25, -0.2) is 8.42 Å². The minimum absolute atomic E-state index is 0.0911. The van der Waals surface area contributed by atoms with Gasteiger partial charge >= 0.3 is 0 Å². The average Bonchev–Trinajstić information content (AvgIpc) is 3.23. The van der Waals surface area contributed by atoms with Crippen LogP contribution in [0.1, 0.15) is 23.3 Å². The summed E-state index contributed by atoms with van der Waals surface area (Å²) in [6.45, 7) is 6.50. The molecule has 1 aromatic heterocycles. The van der Waals surface area contributed by atoms with Crippen molar-refractivity contribution in [1.82, 2.24) is 14.1 Å². The zero-order chi connectivity index (χ0) is 22.0. The van der Waals surface area contributed by atoms with E-state index in [0.29, 0.717) is 23.8 Å². The van der Waals surface area contributed by atoms with Gasteiger partial charge in [0.2, 0.25) is 5.91 Å². The Bertz CT molecular complexity index is 1010. The Hall–Kier alpha value is -1.45. The van der Waals surface area contributed by atoms with Gasteiger partial charge in [-0.1, -0.05) is 23.7 Å². The number of nitrogens with zero attached hydrogens (tertiary/aromatic N) is 3. The number of piperidine rings is 1. The lowest BCUT2D eigenvalue weighted by Crippen LogP contribution is -2.52. The van der Waals surface area contributed by atoms with E-state index in [-0.39, 0.29) is 18.4 Å². The van der Waals surface area contributed by atoms with Gasteiger partial charge in [0.15, 0.2) is 0 Å². The van der Waals surface area contributed by atoms with Crippen LogP contribution in [0.25, 0.3) is 0 Å². The first kappa shape index (κ1) is 22.7. The Balaban J connectivity index is 1.33. The maximum absolute atomic E-state index is 13.1. The zero-order valence-electron chi connectivity index (χ0n) is 17.7. The topological polar surface area (TPSA) is 60.9 Å². The smallest absolute Gasteiger partial charge is 0.252 e. The number of thiophene rings is 1. The highest BCUT2D eigenvalue weighted by molar-refractivity contribution is 7.91. The molecule has 3 heterocycles. The molecule has 0 radical (unpaired) electrons. The van der Waals surface area contributed by atoms with Crippen LogP contribution in [0.3, 0.4) is 0 Å². The van der Waals surface area contributed by atoms with Crippen molar-refractivity contribution in [2.24, 2.45) is 5.92 Å². The number of amides is 1. The van der Waals surface area contributed by atoms with Crippen LogP contribution in [0.5, 0.6) is 0 Å². The second-order valence-corrected chi connectivity index (χ2v) is 12.2. The Morgan fingerprint density at radius 2 is 1.77 bits per heavy atom. The molecule has 1 unspecified atom stereocenters. The highest BCUT2D eigenvalue weighted by Crippen LogP contribution is 2.29. The Morgan fingerprint density at radius 3 is 2.42 bits per heavy atom. The molecule has 0 spiro atoms. The van der Waals surface area contributed by atoms with E-state index < -0.39 is 10.0 Å². The lowest BCUT2D eigenvalue weighted by molar-refractivity contribution is -0.138. The van der Waals surface area contributed by atoms with E-state index in [0.717, 1.165) is 42.4 Å². The van der Waals surface area contributed by atoms with Crippen LogP contribution >= 0.6 is 22.9 Å². The van der Waals surface area contributed by atoms with E-state index in [9.17, 15) is 13.2 Å². The monoisotopic (exact) mass is 481 g/mol. The average molecular weight is 482 g/mol. The maximum Gasteiger partial charge on any atom is 0.252 e. The largest absolute Gasteiger partial charge is 0.340 e. The molecule has 1 aromatic carbocycles. The standard InChI is InChI=1S/C22H28ClN3O3S2/c1-17-4-9-21(30-17)31(28,29)26-10-2-3-19(16-26)22(27)25-13-11-24(12-14-25)15-18-5-7-20(23)8-6-18/h4-9,19H,2-3,10-16H2,1H3. The molecule has 0 bridgehead atoms. The van der Waals surface area contributed by atoms with Crippen molar-refractivity contribution >= 4 is 38.9 Å². The number of carbonyl (C=O) groups is 1. The number of sulfonamides is 1. The molecule has 0 aliphatic carbocycles. The van der Waals surface area contributed by atoms with Crippen molar-refractivity contribution in [3.8, 4) is 0 Å². The van der Waals surface area contributed by atoms with Crippen LogP contribution in [0.4, 0.5) is 0 Å². The molecule has 4 rings (SSSR count). The minimum atomic E-state index is -3.52. The summed E-state index contributed by atoms with van der Waals surface area (Å²) < 4.78 is 27.8. The molecular weight excluding hydrogens is 454 g/mol. The minimum Gasteiger partial charge on any atom is -0.340 e. The third-order valence-electron chi connectivity index (χ3n) is 6.05. The number of carbonyl (C=O) groups excluding carboxylic acids is 1. The number of halogens is 1. The molecule has 2 fully saturated rings. The number of hydrogen-bond donors (Lipinski definition) is 0. The summed E-state index contributed by atoms with van der Waals surface area (Å²) in [7, 11) is -3.52. The van der Waals surface area contributed by atoms with Crippen molar-refractivity contribution in [2.75, 3.05) is 39.3 Å². The third-order valence-corrected chi connectivity index (χ3v) is 9.63. The Kier molecular flexibility index (Phi) is 7.03. The SMILES string of the molecule is Cc1ccc(S(=O)(=O)N2CCCC(C(=O)N3CCN(Cc4ccc(Cl)cc4)CC3)C2)s1. The highest BCUT2D eigenvalue weighted by Gasteiger charge is 2.36. The number of hydrogen-bond acceptors (Lipinski definition) is 5. The molecule has 31 heavy (non-hydrogen) atoms. The molecule has 6 nitrogen and oxygen atoms in total. The van der Waals surface area contributed by atoms with E-state index in [2.05, 4.69) is 4.90 Å². The van der Waals surface area contributed by atoms with Gasteiger partial charge in [0.05, 0.1) is 5.92 Å². The summed E-state index contributed by atoms with van der Waals surface area (Å²) in [5, 5.41) is 0.733. The third kappa shape index (κ3) is 5.31. The lowest BCUT2D eigenvalue weighted by Gasteiger charge is -2.38. The van der Waals surface area contributed by atoms with E-state index >= 15 is 0 Å². The highest BCUT2D eigenvalue weighted by atomic mass is 35.5. The molecule has 1 amide bonds. The fourth-order valence-electron chi connectivity index (χ4n) is 4.27. The van der Waals surface area contributed by atoms with Crippen LogP contribution in [0.2, 0.25) is 5.02 Å². The summed E-state index contributed by atoms with van der Waals surface area (Å²) in [5.74, 6) is -0.166. The Labute approximate surface area is 193 Å². The summed E-state index contributed by atoms with van der Waals surface area (Å²) in [6.07, 6.45) is 1.47. The van der Waals surface area contributed by atoms with Crippen LogP contribution in [-0.2, 0) is 21.4 Å². The van der Waals surface area contributed by atoms with E-state index in [4.69, 9.17) is 11.6 Å². The second kappa shape index (κ2) is 9.58. The maximum atomic E-state index is 13.1. The number of aryl methyl sites for hydroxylation is 1. The summed E-state index contributed by atoms with van der Waals surface area (Å²) in [4.78, 5) is 18.4. The molecular formula is C22H28ClN3O3S2. The predicted octanol–water partition coefficient (Wildman–Crippen LogP) is 3.46. The predicted molar refractivity (Wildman–Crippen MR) is 124 cm³/mol. The quantitative estimate of drug-likeness (QED) is 0.656. The molecule has 2 aromatic rings. The van der Waals surface area contributed by atoms with Crippen LogP contribution < -0.4 is 0 Å². The van der Waals surface area contributed by atoms with Gasteiger partial charge in [0.25, 0.3) is 10.0 Å². The summed E-state index contributed by atoms with van der Waals surface area (Å²) in [6, 6.07) is 11.4. The van der Waals surface area contributed by atoms with Crippen LogP contribution in [0, 0.1) is 12.8 Å². The van der Waals surface area contributed by atoms with Crippen molar-refractivity contribution in [3.63, 3.8) is 0 Å². The van der Waals surface area contributed by atoms with Crippen LogP contribution in [0.15, 0.2) is 40.6 Å². The molecule has 1 atom stereocenters. The van der Waals surface area contributed by atoms with Crippen molar-refractivity contribution in [3.05, 3.63) is 51.9 Å². The summed E-state index contributed by atoms with van der Waals surface area (Å²) >= 11 is 7.25. The van der Waals surface area contributed by atoms with Gasteiger partial charge in [-0.2, -0.15) is 4.31 Å². The molecule has 2 aliphatic heterocycles. The fraction of sp³-hybridized carbons (Fsp3) is 0.500. The van der Waals surface area contributed by atoms with Gasteiger partial charge in [0, 0.05) is 55.7 Å².